The number of allylic oxidation sites excluding steroid dienone is 2. The van der Waals surface area contributed by atoms with E-state index in [1.807, 2.05) is 32.0 Å². The van der Waals surface area contributed by atoms with Gasteiger partial charge in [0.05, 0.1) is 13.2 Å². The Kier molecular flexibility index (Phi) is 4.03. The summed E-state index contributed by atoms with van der Waals surface area (Å²) in [6.45, 7) is 5.10. The fourth-order valence-corrected chi connectivity index (χ4v) is 2.08. The fraction of sp³-hybridized carbons (Fsp3) is 0.400. The molecule has 0 amide bonds. The second-order valence-electron chi connectivity index (χ2n) is 4.16. The first-order valence-corrected chi connectivity index (χ1v) is 6.38. The Morgan fingerprint density at radius 1 is 1.06 bits per heavy atom. The summed E-state index contributed by atoms with van der Waals surface area (Å²) in [6, 6.07) is 5.85. The van der Waals surface area contributed by atoms with Crippen LogP contribution in [0.3, 0.4) is 0 Å². The van der Waals surface area contributed by atoms with E-state index < -0.39 is 0 Å². The molecule has 0 spiro atoms. The largest absolute Gasteiger partial charge is 0.490 e. The Morgan fingerprint density at radius 3 is 2.39 bits per heavy atom. The van der Waals surface area contributed by atoms with E-state index in [1.54, 1.807) is 6.08 Å². The molecule has 96 valence electrons. The topological polar surface area (TPSA) is 35.5 Å². The van der Waals surface area contributed by atoms with E-state index in [0.717, 1.165) is 29.1 Å². The first kappa shape index (κ1) is 12.7. The maximum Gasteiger partial charge on any atom is 0.161 e. The minimum absolute atomic E-state index is 0.205. The lowest BCUT2D eigenvalue weighted by molar-refractivity contribution is -0.114. The number of rotatable bonds is 5. The molecule has 0 fully saturated rings. The van der Waals surface area contributed by atoms with E-state index in [0.29, 0.717) is 19.6 Å². The molecule has 18 heavy (non-hydrogen) atoms. The quantitative estimate of drug-likeness (QED) is 0.800. The molecule has 3 nitrogen and oxygen atoms in total. The van der Waals surface area contributed by atoms with Crippen molar-refractivity contribution in [3.63, 3.8) is 0 Å². The van der Waals surface area contributed by atoms with Crippen LogP contribution in [-0.4, -0.2) is 19.0 Å². The van der Waals surface area contributed by atoms with Gasteiger partial charge in [0.25, 0.3) is 0 Å². The zero-order chi connectivity index (χ0) is 13.0. The third-order valence-electron chi connectivity index (χ3n) is 2.89. The molecule has 0 heterocycles. The molecular formula is C15H18O3. The highest BCUT2D eigenvalue weighted by molar-refractivity contribution is 6.01. The van der Waals surface area contributed by atoms with Gasteiger partial charge in [-0.3, -0.25) is 4.79 Å². The Labute approximate surface area is 107 Å². The fourth-order valence-electron chi connectivity index (χ4n) is 2.08. The zero-order valence-electron chi connectivity index (χ0n) is 10.9. The lowest BCUT2D eigenvalue weighted by atomic mass is 10.1. The number of carbonyl (C=O) groups is 1. The lowest BCUT2D eigenvalue weighted by Crippen LogP contribution is -1.99. The molecule has 0 radical (unpaired) electrons. The predicted molar refractivity (Wildman–Crippen MR) is 71.0 cm³/mol. The van der Waals surface area contributed by atoms with Gasteiger partial charge in [-0.1, -0.05) is 6.07 Å². The first-order chi connectivity index (χ1) is 8.74. The van der Waals surface area contributed by atoms with E-state index in [1.165, 1.54) is 0 Å². The van der Waals surface area contributed by atoms with Gasteiger partial charge in [0.15, 0.2) is 17.3 Å². The maximum absolute atomic E-state index is 11.3. The van der Waals surface area contributed by atoms with Crippen molar-refractivity contribution in [3.05, 3.63) is 29.8 Å². The minimum atomic E-state index is 0.205. The van der Waals surface area contributed by atoms with E-state index in [-0.39, 0.29) is 5.78 Å². The summed E-state index contributed by atoms with van der Waals surface area (Å²) in [5.41, 5.74) is 2.14. The number of ether oxygens (including phenoxy) is 2. The van der Waals surface area contributed by atoms with Crippen molar-refractivity contribution in [1.82, 2.24) is 0 Å². The Morgan fingerprint density at radius 2 is 1.78 bits per heavy atom. The minimum Gasteiger partial charge on any atom is -0.490 e. The maximum atomic E-state index is 11.3. The smallest absolute Gasteiger partial charge is 0.161 e. The molecule has 0 atom stereocenters. The molecule has 0 bridgehead atoms. The number of hydrogen-bond acceptors (Lipinski definition) is 3. The summed E-state index contributed by atoms with van der Waals surface area (Å²) in [6.07, 6.45) is 3.16. The van der Waals surface area contributed by atoms with E-state index in [9.17, 15) is 4.79 Å². The second kappa shape index (κ2) is 5.71. The SMILES string of the molecule is CCOc1ccc(C2=CC(=O)CC2)cc1OCC. The molecule has 1 aromatic carbocycles. The van der Waals surface area contributed by atoms with Gasteiger partial charge in [0, 0.05) is 6.42 Å². The zero-order valence-corrected chi connectivity index (χ0v) is 10.9. The number of ketones is 1. The monoisotopic (exact) mass is 246 g/mol. The first-order valence-electron chi connectivity index (χ1n) is 6.38. The standard InChI is InChI=1S/C15H18O3/c1-3-17-14-8-6-12(10-15(14)18-4-2)11-5-7-13(16)9-11/h6,8-10H,3-5,7H2,1-2H3. The predicted octanol–water partition coefficient (Wildman–Crippen LogP) is 3.23. The van der Waals surface area contributed by atoms with Crippen molar-refractivity contribution in [2.75, 3.05) is 13.2 Å². The van der Waals surface area contributed by atoms with Crippen LogP contribution in [0.25, 0.3) is 5.57 Å². The van der Waals surface area contributed by atoms with Crippen LogP contribution in [0.2, 0.25) is 0 Å². The summed E-state index contributed by atoms with van der Waals surface area (Å²) >= 11 is 0. The molecule has 0 N–H and O–H groups in total. The van der Waals surface area contributed by atoms with Gasteiger partial charge >= 0.3 is 0 Å². The summed E-state index contributed by atoms with van der Waals surface area (Å²) in [7, 11) is 0. The second-order valence-corrected chi connectivity index (χ2v) is 4.16. The molecule has 0 saturated heterocycles. The van der Waals surface area contributed by atoms with Gasteiger partial charge in [0.1, 0.15) is 0 Å². The van der Waals surface area contributed by atoms with Gasteiger partial charge in [-0.25, -0.2) is 0 Å². The molecule has 1 aromatic rings. The normalized spacial score (nSPS) is 14.6. The van der Waals surface area contributed by atoms with Crippen LogP contribution in [0.15, 0.2) is 24.3 Å². The highest BCUT2D eigenvalue weighted by Crippen LogP contribution is 2.34. The van der Waals surface area contributed by atoms with Crippen LogP contribution in [0.1, 0.15) is 32.3 Å². The average molecular weight is 246 g/mol. The third-order valence-corrected chi connectivity index (χ3v) is 2.89. The summed E-state index contributed by atoms with van der Waals surface area (Å²) in [4.78, 5) is 11.3. The van der Waals surface area contributed by atoms with Crippen molar-refractivity contribution >= 4 is 11.4 Å². The van der Waals surface area contributed by atoms with Crippen LogP contribution < -0.4 is 9.47 Å². The van der Waals surface area contributed by atoms with Crippen LogP contribution in [-0.2, 0) is 4.79 Å². The molecule has 0 aromatic heterocycles. The lowest BCUT2D eigenvalue weighted by Gasteiger charge is -2.12. The number of carbonyl (C=O) groups excluding carboxylic acids is 1. The van der Waals surface area contributed by atoms with E-state index in [4.69, 9.17) is 9.47 Å². The van der Waals surface area contributed by atoms with Crippen LogP contribution in [0, 0.1) is 0 Å². The number of benzene rings is 1. The molecule has 0 aliphatic heterocycles. The molecule has 0 unspecified atom stereocenters. The summed E-state index contributed by atoms with van der Waals surface area (Å²) in [5.74, 6) is 1.71. The van der Waals surface area contributed by atoms with Crippen LogP contribution >= 0.6 is 0 Å². The Bertz CT molecular complexity index is 475. The van der Waals surface area contributed by atoms with E-state index in [2.05, 4.69) is 0 Å². The average Bonchev–Trinajstić information content (AvgIpc) is 2.79. The van der Waals surface area contributed by atoms with Crippen molar-refractivity contribution in [2.24, 2.45) is 0 Å². The van der Waals surface area contributed by atoms with Gasteiger partial charge in [-0.05, 0) is 49.6 Å². The number of hydrogen-bond donors (Lipinski definition) is 0. The van der Waals surface area contributed by atoms with Crippen molar-refractivity contribution < 1.29 is 14.3 Å². The molecular weight excluding hydrogens is 228 g/mol. The van der Waals surface area contributed by atoms with Crippen molar-refractivity contribution in [3.8, 4) is 11.5 Å². The summed E-state index contributed by atoms with van der Waals surface area (Å²) < 4.78 is 11.1. The molecule has 0 saturated carbocycles. The van der Waals surface area contributed by atoms with Crippen LogP contribution in [0.5, 0.6) is 11.5 Å². The van der Waals surface area contributed by atoms with Gasteiger partial charge in [0.2, 0.25) is 0 Å². The summed E-state index contributed by atoms with van der Waals surface area (Å²) in [5, 5.41) is 0. The van der Waals surface area contributed by atoms with Crippen molar-refractivity contribution in [2.45, 2.75) is 26.7 Å². The van der Waals surface area contributed by atoms with Gasteiger partial charge < -0.3 is 9.47 Å². The van der Waals surface area contributed by atoms with Crippen LogP contribution in [0.4, 0.5) is 0 Å². The molecule has 1 aliphatic rings. The van der Waals surface area contributed by atoms with Crippen molar-refractivity contribution in [1.29, 1.82) is 0 Å². The van der Waals surface area contributed by atoms with Gasteiger partial charge in [-0.2, -0.15) is 0 Å². The molecule has 3 heteroatoms. The van der Waals surface area contributed by atoms with Gasteiger partial charge in [-0.15, -0.1) is 0 Å². The third kappa shape index (κ3) is 2.73. The molecule has 2 rings (SSSR count). The Hall–Kier alpha value is -1.77. The van der Waals surface area contributed by atoms with E-state index >= 15 is 0 Å². The molecule has 1 aliphatic carbocycles. The highest BCUT2D eigenvalue weighted by atomic mass is 16.5. The Balaban J connectivity index is 2.30. The highest BCUT2D eigenvalue weighted by Gasteiger charge is 2.15.